The maximum absolute atomic E-state index is 5.73. The van der Waals surface area contributed by atoms with E-state index < -0.39 is 0 Å². The zero-order valence-electron chi connectivity index (χ0n) is 18.8. The van der Waals surface area contributed by atoms with Crippen LogP contribution in [-0.2, 0) is 16.0 Å². The zero-order valence-corrected chi connectivity index (χ0v) is 18.8. The van der Waals surface area contributed by atoms with Gasteiger partial charge in [-0.2, -0.15) is 0 Å². The molecule has 1 aromatic rings. The van der Waals surface area contributed by atoms with Crippen LogP contribution in [0.1, 0.15) is 18.9 Å². The Kier molecular flexibility index (Phi) is 9.17. The highest BCUT2D eigenvalue weighted by Crippen LogP contribution is 2.18. The molecule has 0 saturated carbocycles. The molecule has 1 aromatic heterocycles. The molecule has 3 heterocycles. The van der Waals surface area contributed by atoms with Crippen LogP contribution in [0.3, 0.4) is 0 Å². The molecule has 8 nitrogen and oxygen atoms in total. The van der Waals surface area contributed by atoms with Crippen molar-refractivity contribution < 1.29 is 9.47 Å². The molecular weight excluding hydrogens is 380 g/mol. The van der Waals surface area contributed by atoms with E-state index in [1.165, 1.54) is 5.56 Å². The number of nitrogens with zero attached hydrogens (tertiary/aromatic N) is 5. The Bertz CT molecular complexity index is 663. The van der Waals surface area contributed by atoms with Gasteiger partial charge in [-0.1, -0.05) is 0 Å². The first-order valence-electron chi connectivity index (χ1n) is 11.2. The van der Waals surface area contributed by atoms with E-state index in [4.69, 9.17) is 14.5 Å². The number of methoxy groups -OCH3 is 1. The molecular formula is C22H38N6O2. The van der Waals surface area contributed by atoms with Crippen LogP contribution in [0, 0.1) is 5.92 Å². The van der Waals surface area contributed by atoms with E-state index in [0.29, 0.717) is 25.7 Å². The Balaban J connectivity index is 1.55. The number of aromatic nitrogens is 1. The van der Waals surface area contributed by atoms with Crippen LogP contribution >= 0.6 is 0 Å². The van der Waals surface area contributed by atoms with Crippen molar-refractivity contribution in [2.24, 2.45) is 10.9 Å². The normalized spacial score (nSPS) is 20.8. The van der Waals surface area contributed by atoms with Gasteiger partial charge in [-0.3, -0.25) is 0 Å². The van der Waals surface area contributed by atoms with Gasteiger partial charge in [0.15, 0.2) is 5.96 Å². The number of likely N-dealkylation sites (N-methyl/N-ethyl adjacent to an activating group) is 1. The number of pyridine rings is 1. The second-order valence-electron chi connectivity index (χ2n) is 8.15. The fraction of sp³-hybridized carbons (Fsp3) is 0.727. The number of rotatable bonds is 9. The van der Waals surface area contributed by atoms with Crippen molar-refractivity contribution in [3.05, 3.63) is 23.9 Å². The predicted octanol–water partition coefficient (Wildman–Crippen LogP) is 1.28. The van der Waals surface area contributed by atoms with E-state index in [9.17, 15) is 0 Å². The van der Waals surface area contributed by atoms with Crippen LogP contribution in [0.4, 0.5) is 5.82 Å². The summed E-state index contributed by atoms with van der Waals surface area (Å²) < 4.78 is 10.8. The average molecular weight is 419 g/mol. The monoisotopic (exact) mass is 418 g/mol. The standard InChI is InChI=1S/C22H38N6O2/c1-4-23-22(28-8-6-20(17-28)18-30-14-13-29-3)25-16-19-5-7-24-21(15-19)27-11-9-26(2)10-12-27/h5,7,15,20H,4,6,8-14,16-18H2,1-3H3,(H,23,25). The third-order valence-electron chi connectivity index (χ3n) is 5.75. The fourth-order valence-electron chi connectivity index (χ4n) is 3.91. The summed E-state index contributed by atoms with van der Waals surface area (Å²) in [5.41, 5.74) is 1.20. The molecule has 2 aliphatic heterocycles. The molecule has 0 spiro atoms. The Morgan fingerprint density at radius 3 is 2.83 bits per heavy atom. The largest absolute Gasteiger partial charge is 0.382 e. The Morgan fingerprint density at radius 2 is 2.07 bits per heavy atom. The van der Waals surface area contributed by atoms with E-state index in [2.05, 4.69) is 51.1 Å². The van der Waals surface area contributed by atoms with Crippen molar-refractivity contribution in [2.45, 2.75) is 19.9 Å². The third kappa shape index (κ3) is 6.82. The van der Waals surface area contributed by atoms with Gasteiger partial charge in [-0.25, -0.2) is 9.98 Å². The maximum Gasteiger partial charge on any atom is 0.194 e. The first kappa shape index (κ1) is 22.8. The number of aliphatic imine (C=N–C) groups is 1. The van der Waals surface area contributed by atoms with E-state index in [0.717, 1.165) is 70.6 Å². The van der Waals surface area contributed by atoms with Crippen LogP contribution < -0.4 is 10.2 Å². The zero-order chi connectivity index (χ0) is 21.2. The Hall–Kier alpha value is -1.90. The number of piperazine rings is 1. The van der Waals surface area contributed by atoms with Gasteiger partial charge < -0.3 is 29.5 Å². The summed E-state index contributed by atoms with van der Waals surface area (Å²) in [6.45, 7) is 12.0. The molecule has 3 rings (SSSR count). The smallest absolute Gasteiger partial charge is 0.194 e. The minimum Gasteiger partial charge on any atom is -0.382 e. The van der Waals surface area contributed by atoms with Crippen LogP contribution in [-0.4, -0.2) is 101 Å². The van der Waals surface area contributed by atoms with Gasteiger partial charge in [0.05, 0.1) is 26.4 Å². The lowest BCUT2D eigenvalue weighted by atomic mass is 10.1. The van der Waals surface area contributed by atoms with Crippen molar-refractivity contribution in [1.29, 1.82) is 0 Å². The number of nitrogens with one attached hydrogen (secondary N) is 1. The maximum atomic E-state index is 5.73. The third-order valence-corrected chi connectivity index (χ3v) is 5.75. The molecule has 0 aliphatic carbocycles. The summed E-state index contributed by atoms with van der Waals surface area (Å²) in [5, 5.41) is 3.46. The number of likely N-dealkylation sites (tertiary alicyclic amines) is 1. The summed E-state index contributed by atoms with van der Waals surface area (Å²) in [4.78, 5) is 16.6. The van der Waals surface area contributed by atoms with Gasteiger partial charge in [0.25, 0.3) is 0 Å². The minimum atomic E-state index is 0.551. The summed E-state index contributed by atoms with van der Waals surface area (Å²) in [6.07, 6.45) is 3.05. The van der Waals surface area contributed by atoms with E-state index >= 15 is 0 Å². The van der Waals surface area contributed by atoms with E-state index in [-0.39, 0.29) is 0 Å². The van der Waals surface area contributed by atoms with Crippen LogP contribution in [0.5, 0.6) is 0 Å². The number of hydrogen-bond acceptors (Lipinski definition) is 6. The van der Waals surface area contributed by atoms with Gasteiger partial charge in [-0.05, 0) is 38.1 Å². The molecule has 1 N–H and O–H groups in total. The SMILES string of the molecule is CCNC(=NCc1ccnc(N2CCN(C)CC2)c1)N1CCC(COCCOC)C1. The summed E-state index contributed by atoms with van der Waals surface area (Å²) in [5.74, 6) is 2.61. The summed E-state index contributed by atoms with van der Waals surface area (Å²) in [7, 11) is 3.88. The van der Waals surface area contributed by atoms with E-state index in [1.807, 2.05) is 6.20 Å². The molecule has 168 valence electrons. The number of hydrogen-bond donors (Lipinski definition) is 1. The van der Waals surface area contributed by atoms with Crippen molar-refractivity contribution in [1.82, 2.24) is 20.1 Å². The topological polar surface area (TPSA) is 65.5 Å². The molecule has 0 amide bonds. The van der Waals surface area contributed by atoms with Crippen LogP contribution in [0.2, 0.25) is 0 Å². The predicted molar refractivity (Wildman–Crippen MR) is 121 cm³/mol. The fourth-order valence-corrected chi connectivity index (χ4v) is 3.91. The van der Waals surface area contributed by atoms with Crippen molar-refractivity contribution in [3.63, 3.8) is 0 Å². The molecule has 2 aliphatic rings. The van der Waals surface area contributed by atoms with E-state index in [1.54, 1.807) is 7.11 Å². The lowest BCUT2D eigenvalue weighted by Crippen LogP contribution is -2.44. The Labute approximate surface area is 181 Å². The summed E-state index contributed by atoms with van der Waals surface area (Å²) >= 11 is 0. The first-order chi connectivity index (χ1) is 14.7. The number of ether oxygens (including phenoxy) is 2. The van der Waals surface area contributed by atoms with Gasteiger partial charge >= 0.3 is 0 Å². The highest BCUT2D eigenvalue weighted by atomic mass is 16.5. The van der Waals surface area contributed by atoms with Crippen molar-refractivity contribution in [2.75, 3.05) is 84.7 Å². The quantitative estimate of drug-likeness (QED) is 0.368. The van der Waals surface area contributed by atoms with Crippen LogP contribution in [0.15, 0.2) is 23.3 Å². The van der Waals surface area contributed by atoms with Crippen LogP contribution in [0.25, 0.3) is 0 Å². The molecule has 0 aromatic carbocycles. The van der Waals surface area contributed by atoms with Gasteiger partial charge in [0, 0.05) is 65.0 Å². The molecule has 0 bridgehead atoms. The Morgan fingerprint density at radius 1 is 1.23 bits per heavy atom. The van der Waals surface area contributed by atoms with Crippen molar-refractivity contribution in [3.8, 4) is 0 Å². The van der Waals surface area contributed by atoms with Crippen molar-refractivity contribution >= 4 is 11.8 Å². The van der Waals surface area contributed by atoms with Gasteiger partial charge in [0.2, 0.25) is 0 Å². The van der Waals surface area contributed by atoms with Gasteiger partial charge in [0.1, 0.15) is 5.82 Å². The molecule has 2 fully saturated rings. The first-order valence-corrected chi connectivity index (χ1v) is 11.2. The van der Waals surface area contributed by atoms with Gasteiger partial charge in [-0.15, -0.1) is 0 Å². The molecule has 30 heavy (non-hydrogen) atoms. The highest BCUT2D eigenvalue weighted by molar-refractivity contribution is 5.80. The molecule has 1 atom stereocenters. The molecule has 0 radical (unpaired) electrons. The lowest BCUT2D eigenvalue weighted by Gasteiger charge is -2.33. The summed E-state index contributed by atoms with van der Waals surface area (Å²) in [6, 6.07) is 4.26. The second kappa shape index (κ2) is 12.1. The number of guanidine groups is 1. The molecule has 1 unspecified atom stereocenters. The molecule has 2 saturated heterocycles. The average Bonchev–Trinajstić information content (AvgIpc) is 3.24. The second-order valence-corrected chi connectivity index (χ2v) is 8.15. The minimum absolute atomic E-state index is 0.551. The highest BCUT2D eigenvalue weighted by Gasteiger charge is 2.25. The lowest BCUT2D eigenvalue weighted by molar-refractivity contribution is 0.0536. The molecule has 8 heteroatoms. The number of anilines is 1.